The highest BCUT2D eigenvalue weighted by molar-refractivity contribution is 14.0. The Morgan fingerprint density at radius 1 is 1.23 bits per heavy atom. The number of methoxy groups -OCH3 is 1. The molecule has 0 aliphatic carbocycles. The van der Waals surface area contributed by atoms with E-state index < -0.39 is 0 Å². The molecule has 1 aromatic heterocycles. The fraction of sp³-hybridized carbons (Fsp3) is 0.409. The fourth-order valence-electron chi connectivity index (χ4n) is 3.48. The minimum absolute atomic E-state index is 0. The van der Waals surface area contributed by atoms with Gasteiger partial charge in [-0.1, -0.05) is 19.1 Å². The minimum Gasteiger partial charge on any atom is -0.469 e. The number of aliphatic imine (C=N–C) groups is 1. The second kappa shape index (κ2) is 11.7. The highest BCUT2D eigenvalue weighted by Crippen LogP contribution is 2.24. The fourth-order valence-corrected chi connectivity index (χ4v) is 3.48. The van der Waals surface area contributed by atoms with E-state index in [4.69, 9.17) is 14.1 Å². The molecule has 2 N–H and O–H groups in total. The summed E-state index contributed by atoms with van der Waals surface area (Å²) in [5.74, 6) is 0.654. The summed E-state index contributed by atoms with van der Waals surface area (Å²) in [7, 11) is 1.43. The summed E-state index contributed by atoms with van der Waals surface area (Å²) in [5, 5.41) is 6.10. The lowest BCUT2D eigenvalue weighted by atomic mass is 9.99. The van der Waals surface area contributed by atoms with Crippen LogP contribution in [-0.4, -0.2) is 49.5 Å². The van der Waals surface area contributed by atoms with Crippen LogP contribution in [0.4, 0.5) is 5.69 Å². The Morgan fingerprint density at radius 3 is 2.58 bits per heavy atom. The number of carbonyl (C=O) groups excluding carboxylic acids is 2. The van der Waals surface area contributed by atoms with E-state index >= 15 is 0 Å². The van der Waals surface area contributed by atoms with E-state index in [1.54, 1.807) is 12.1 Å². The predicted molar refractivity (Wildman–Crippen MR) is 130 cm³/mol. The molecule has 2 heterocycles. The molecule has 0 bridgehead atoms. The van der Waals surface area contributed by atoms with Gasteiger partial charge in [0.25, 0.3) is 5.91 Å². The number of amides is 1. The van der Waals surface area contributed by atoms with Crippen molar-refractivity contribution in [3.05, 3.63) is 54.0 Å². The smallest absolute Gasteiger partial charge is 0.310 e. The zero-order valence-corrected chi connectivity index (χ0v) is 20.3. The van der Waals surface area contributed by atoms with Gasteiger partial charge in [0.2, 0.25) is 0 Å². The Bertz CT molecular complexity index is 883. The summed E-state index contributed by atoms with van der Waals surface area (Å²) >= 11 is 0. The maximum atomic E-state index is 12.0. The molecule has 8 nitrogen and oxygen atoms in total. The summed E-state index contributed by atoms with van der Waals surface area (Å²) in [5.41, 5.74) is 1.70. The Morgan fingerprint density at radius 2 is 1.97 bits per heavy atom. The number of esters is 1. The van der Waals surface area contributed by atoms with Gasteiger partial charge in [-0.05, 0) is 42.7 Å². The zero-order valence-electron chi connectivity index (χ0n) is 18.0. The van der Waals surface area contributed by atoms with Gasteiger partial charge in [-0.2, -0.15) is 0 Å². The Balaban J connectivity index is 0.00000341. The molecule has 0 radical (unpaired) electrons. The van der Waals surface area contributed by atoms with Crippen molar-refractivity contribution in [1.29, 1.82) is 0 Å². The number of nitrogens with one attached hydrogen (secondary N) is 2. The number of likely N-dealkylation sites (tertiary alicyclic amines) is 1. The lowest BCUT2D eigenvalue weighted by Crippen LogP contribution is -2.40. The van der Waals surface area contributed by atoms with Crippen molar-refractivity contribution in [2.75, 3.05) is 32.1 Å². The molecule has 2 unspecified atom stereocenters. The molecule has 1 amide bonds. The van der Waals surface area contributed by atoms with Gasteiger partial charge in [0.05, 0.1) is 25.8 Å². The number of guanidine groups is 1. The molecule has 31 heavy (non-hydrogen) atoms. The number of rotatable bonds is 6. The van der Waals surface area contributed by atoms with Crippen molar-refractivity contribution in [2.45, 2.75) is 20.4 Å². The normalized spacial score (nSPS) is 18.3. The summed E-state index contributed by atoms with van der Waals surface area (Å²) in [4.78, 5) is 30.8. The Kier molecular flexibility index (Phi) is 9.35. The van der Waals surface area contributed by atoms with Crippen molar-refractivity contribution in [2.24, 2.45) is 16.8 Å². The molecule has 9 heteroatoms. The number of halogens is 1. The van der Waals surface area contributed by atoms with Gasteiger partial charge < -0.3 is 24.7 Å². The largest absolute Gasteiger partial charge is 0.469 e. The molecular formula is C22H29IN4O4. The zero-order chi connectivity index (χ0) is 21.5. The monoisotopic (exact) mass is 540 g/mol. The molecule has 3 rings (SSSR count). The van der Waals surface area contributed by atoms with Crippen LogP contribution in [0, 0.1) is 11.8 Å². The van der Waals surface area contributed by atoms with E-state index in [9.17, 15) is 9.59 Å². The molecule has 1 fully saturated rings. The molecular weight excluding hydrogens is 511 g/mol. The van der Waals surface area contributed by atoms with E-state index in [1.165, 1.54) is 13.4 Å². The quantitative estimate of drug-likeness (QED) is 0.253. The second-order valence-electron chi connectivity index (χ2n) is 7.31. The summed E-state index contributed by atoms with van der Waals surface area (Å²) in [6.45, 7) is 6.65. The standard InChI is InChI=1S/C22H28N4O4.HI/c1-4-23-22(26-13-15(2)18(14-26)21(28)29-3)24-12-16-7-9-17(10-8-16)25-20(27)19-6-5-11-30-19;/h5-11,15,18H,4,12-14H2,1-3H3,(H,23,24)(H,25,27);1H. The molecule has 1 aromatic carbocycles. The van der Waals surface area contributed by atoms with Crippen LogP contribution in [0.3, 0.4) is 0 Å². The van der Waals surface area contributed by atoms with Crippen LogP contribution in [0.15, 0.2) is 52.1 Å². The molecule has 2 atom stereocenters. The van der Waals surface area contributed by atoms with Gasteiger partial charge in [0.1, 0.15) is 0 Å². The summed E-state index contributed by atoms with van der Waals surface area (Å²) in [6, 6.07) is 10.8. The van der Waals surface area contributed by atoms with Crippen LogP contribution in [0.5, 0.6) is 0 Å². The van der Waals surface area contributed by atoms with Crippen molar-refractivity contribution in [3.63, 3.8) is 0 Å². The first kappa shape index (κ1) is 24.7. The molecule has 1 saturated heterocycles. The van der Waals surface area contributed by atoms with Crippen molar-refractivity contribution in [1.82, 2.24) is 10.2 Å². The van der Waals surface area contributed by atoms with E-state index in [1.807, 2.05) is 31.2 Å². The summed E-state index contributed by atoms with van der Waals surface area (Å²) < 4.78 is 10.0. The SMILES string of the molecule is CCNC(=NCc1ccc(NC(=O)c2ccco2)cc1)N1CC(C)C(C(=O)OC)C1.I. The number of benzene rings is 1. The molecule has 0 spiro atoms. The second-order valence-corrected chi connectivity index (χ2v) is 7.31. The summed E-state index contributed by atoms with van der Waals surface area (Å²) in [6.07, 6.45) is 1.46. The van der Waals surface area contributed by atoms with E-state index in [0.717, 1.165) is 24.6 Å². The van der Waals surface area contributed by atoms with Gasteiger partial charge in [-0.3, -0.25) is 9.59 Å². The van der Waals surface area contributed by atoms with Gasteiger partial charge >= 0.3 is 5.97 Å². The average molecular weight is 540 g/mol. The number of anilines is 1. The van der Waals surface area contributed by atoms with Gasteiger partial charge in [0.15, 0.2) is 11.7 Å². The lowest BCUT2D eigenvalue weighted by Gasteiger charge is -2.21. The lowest BCUT2D eigenvalue weighted by molar-refractivity contribution is -0.145. The number of hydrogen-bond donors (Lipinski definition) is 2. The molecule has 168 valence electrons. The predicted octanol–water partition coefficient (Wildman–Crippen LogP) is 3.36. The van der Waals surface area contributed by atoms with Crippen LogP contribution in [0.1, 0.15) is 30.0 Å². The van der Waals surface area contributed by atoms with Crippen LogP contribution in [-0.2, 0) is 16.1 Å². The number of hydrogen-bond acceptors (Lipinski definition) is 5. The Hall–Kier alpha value is -2.56. The topological polar surface area (TPSA) is 96.2 Å². The van der Waals surface area contributed by atoms with Crippen molar-refractivity contribution in [3.8, 4) is 0 Å². The third-order valence-corrected chi connectivity index (χ3v) is 5.12. The van der Waals surface area contributed by atoms with Crippen LogP contribution >= 0.6 is 24.0 Å². The number of furan rings is 1. The minimum atomic E-state index is -0.288. The maximum Gasteiger partial charge on any atom is 0.310 e. The maximum absolute atomic E-state index is 12.0. The molecule has 1 aliphatic rings. The van der Waals surface area contributed by atoms with Crippen LogP contribution in [0.2, 0.25) is 0 Å². The third kappa shape index (κ3) is 6.46. The van der Waals surface area contributed by atoms with Crippen LogP contribution in [0.25, 0.3) is 0 Å². The van der Waals surface area contributed by atoms with E-state index in [0.29, 0.717) is 18.8 Å². The van der Waals surface area contributed by atoms with E-state index in [-0.39, 0.29) is 53.4 Å². The molecule has 0 saturated carbocycles. The molecule has 1 aliphatic heterocycles. The van der Waals surface area contributed by atoms with Gasteiger partial charge in [-0.15, -0.1) is 24.0 Å². The van der Waals surface area contributed by atoms with E-state index in [2.05, 4.69) is 22.5 Å². The first-order valence-electron chi connectivity index (χ1n) is 10.1. The van der Waals surface area contributed by atoms with Gasteiger partial charge in [0, 0.05) is 25.3 Å². The first-order chi connectivity index (χ1) is 14.5. The molecule has 2 aromatic rings. The Labute approximate surface area is 199 Å². The number of nitrogens with zero attached hydrogens (tertiary/aromatic N) is 2. The van der Waals surface area contributed by atoms with Gasteiger partial charge in [-0.25, -0.2) is 4.99 Å². The highest BCUT2D eigenvalue weighted by Gasteiger charge is 2.36. The van der Waals surface area contributed by atoms with Crippen LogP contribution < -0.4 is 10.6 Å². The van der Waals surface area contributed by atoms with Crippen molar-refractivity contribution < 1.29 is 18.7 Å². The van der Waals surface area contributed by atoms with Crippen molar-refractivity contribution >= 4 is 47.5 Å². The number of ether oxygens (including phenoxy) is 1. The first-order valence-corrected chi connectivity index (χ1v) is 10.1. The number of carbonyl (C=O) groups is 2. The highest BCUT2D eigenvalue weighted by atomic mass is 127. The third-order valence-electron chi connectivity index (χ3n) is 5.12. The average Bonchev–Trinajstić information content (AvgIpc) is 3.42.